The van der Waals surface area contributed by atoms with Gasteiger partial charge in [0.05, 0.1) is 22.6 Å². The number of carbonyl (C=O) groups excluding carboxylic acids is 2. The van der Waals surface area contributed by atoms with Crippen molar-refractivity contribution in [3.8, 4) is 0 Å². The lowest BCUT2D eigenvalue weighted by atomic mass is 9.90. The molecular formula is C27H33N5O2S. The highest BCUT2D eigenvalue weighted by Gasteiger charge is 2.45. The van der Waals surface area contributed by atoms with E-state index in [-0.39, 0.29) is 11.8 Å². The van der Waals surface area contributed by atoms with E-state index in [1.807, 2.05) is 50.7 Å². The topological polar surface area (TPSA) is 69.6 Å². The van der Waals surface area contributed by atoms with Crippen LogP contribution in [-0.2, 0) is 29.2 Å². The Bertz CT molecular complexity index is 1250. The van der Waals surface area contributed by atoms with Crippen molar-refractivity contribution in [2.75, 3.05) is 23.4 Å². The largest absolute Gasteiger partial charge is 0.313 e. The number of hydrogen-bond donors (Lipinski definition) is 0. The Hall–Kier alpha value is -3.10. The van der Waals surface area contributed by atoms with E-state index < -0.39 is 5.41 Å². The molecule has 7 nitrogen and oxygen atoms in total. The fourth-order valence-corrected chi connectivity index (χ4v) is 5.40. The molecule has 0 atom stereocenters. The third-order valence-electron chi connectivity index (χ3n) is 6.76. The molecule has 2 aromatic heterocycles. The molecule has 35 heavy (non-hydrogen) atoms. The summed E-state index contributed by atoms with van der Waals surface area (Å²) in [6.45, 7) is 12.1. The molecule has 1 aliphatic rings. The summed E-state index contributed by atoms with van der Waals surface area (Å²) >= 11 is 1.67. The molecule has 184 valence electrons. The average molecular weight is 492 g/mol. The predicted molar refractivity (Wildman–Crippen MR) is 140 cm³/mol. The number of pyridine rings is 1. The highest BCUT2D eigenvalue weighted by Crippen LogP contribution is 2.39. The number of fused-ring (bicyclic) bond motifs is 1. The summed E-state index contributed by atoms with van der Waals surface area (Å²) in [7, 11) is 1.76. The zero-order valence-electron chi connectivity index (χ0n) is 21.3. The summed E-state index contributed by atoms with van der Waals surface area (Å²) in [5.74, 6) is -0.363. The third-order valence-corrected chi connectivity index (χ3v) is 7.68. The number of benzene rings is 1. The maximum Gasteiger partial charge on any atom is 0.242 e. The van der Waals surface area contributed by atoms with E-state index in [1.54, 1.807) is 42.0 Å². The summed E-state index contributed by atoms with van der Waals surface area (Å²) in [6.07, 6.45) is 1.82. The molecular weight excluding hydrogens is 458 g/mol. The van der Waals surface area contributed by atoms with Gasteiger partial charge in [-0.3, -0.25) is 19.5 Å². The van der Waals surface area contributed by atoms with Gasteiger partial charge in [0.25, 0.3) is 0 Å². The van der Waals surface area contributed by atoms with Crippen LogP contribution < -0.4 is 9.80 Å². The SMILES string of the molecule is CCN1C(=O)C(C)(C)C(=O)N(C)c2cc(CN(Cc3cccnc3C)Cc3scnc3C)ccc21. The van der Waals surface area contributed by atoms with Crippen LogP contribution in [-0.4, -0.2) is 40.3 Å². The lowest BCUT2D eigenvalue weighted by Gasteiger charge is -2.27. The number of anilines is 2. The molecule has 0 N–H and O–H groups in total. The van der Waals surface area contributed by atoms with E-state index in [0.717, 1.165) is 41.4 Å². The zero-order chi connectivity index (χ0) is 25.3. The van der Waals surface area contributed by atoms with E-state index in [1.165, 1.54) is 10.4 Å². The highest BCUT2D eigenvalue weighted by atomic mass is 32.1. The number of thiazole rings is 1. The van der Waals surface area contributed by atoms with E-state index in [0.29, 0.717) is 13.1 Å². The lowest BCUT2D eigenvalue weighted by Crippen LogP contribution is -2.47. The van der Waals surface area contributed by atoms with Gasteiger partial charge in [0.2, 0.25) is 11.8 Å². The van der Waals surface area contributed by atoms with Crippen molar-refractivity contribution in [1.82, 2.24) is 14.9 Å². The van der Waals surface area contributed by atoms with Crippen LogP contribution in [0.15, 0.2) is 42.0 Å². The second-order valence-electron chi connectivity index (χ2n) is 9.62. The van der Waals surface area contributed by atoms with Gasteiger partial charge in [-0.05, 0) is 63.9 Å². The zero-order valence-corrected chi connectivity index (χ0v) is 22.1. The van der Waals surface area contributed by atoms with Crippen molar-refractivity contribution in [3.05, 3.63) is 69.4 Å². The maximum absolute atomic E-state index is 13.2. The summed E-state index contributed by atoms with van der Waals surface area (Å²) in [5.41, 5.74) is 6.64. The first-order valence-electron chi connectivity index (χ1n) is 11.9. The van der Waals surface area contributed by atoms with Gasteiger partial charge in [0, 0.05) is 50.0 Å². The summed E-state index contributed by atoms with van der Waals surface area (Å²) in [6, 6.07) is 10.2. The van der Waals surface area contributed by atoms with Crippen LogP contribution in [0.4, 0.5) is 11.4 Å². The van der Waals surface area contributed by atoms with Gasteiger partial charge in [0.15, 0.2) is 0 Å². The first-order chi connectivity index (χ1) is 16.6. The van der Waals surface area contributed by atoms with Crippen LogP contribution in [0.3, 0.4) is 0 Å². The van der Waals surface area contributed by atoms with Crippen molar-refractivity contribution in [1.29, 1.82) is 0 Å². The predicted octanol–water partition coefficient (Wildman–Crippen LogP) is 4.71. The first kappa shape index (κ1) is 25.0. The Morgan fingerprint density at radius 2 is 1.74 bits per heavy atom. The molecule has 1 aliphatic heterocycles. The number of rotatable bonds is 7. The molecule has 0 saturated carbocycles. The quantitative estimate of drug-likeness (QED) is 0.448. The van der Waals surface area contributed by atoms with Gasteiger partial charge in [-0.25, -0.2) is 4.98 Å². The second kappa shape index (κ2) is 9.87. The number of carbonyl (C=O) groups is 2. The Morgan fingerprint density at radius 3 is 2.40 bits per heavy atom. The minimum absolute atomic E-state index is 0.169. The molecule has 0 bridgehead atoms. The molecule has 2 amide bonds. The number of aryl methyl sites for hydroxylation is 2. The standard InChI is InChI=1S/C27H33N5O2S/c1-7-32-22-11-10-20(13-23(22)30(6)25(33)27(4,5)26(32)34)14-31(16-24-19(3)29-17-35-24)15-21-9-8-12-28-18(21)2/h8-13,17H,7,14-16H2,1-6H3. The summed E-state index contributed by atoms with van der Waals surface area (Å²) in [5, 5.41) is 0. The van der Waals surface area contributed by atoms with Gasteiger partial charge in [0.1, 0.15) is 5.41 Å². The summed E-state index contributed by atoms with van der Waals surface area (Å²) in [4.78, 5) is 42.2. The smallest absolute Gasteiger partial charge is 0.242 e. The van der Waals surface area contributed by atoms with Gasteiger partial charge < -0.3 is 9.80 Å². The molecule has 0 unspecified atom stereocenters. The van der Waals surface area contributed by atoms with Crippen molar-refractivity contribution in [3.63, 3.8) is 0 Å². The lowest BCUT2D eigenvalue weighted by molar-refractivity contribution is -0.137. The molecule has 3 aromatic rings. The molecule has 8 heteroatoms. The molecule has 3 heterocycles. The van der Waals surface area contributed by atoms with E-state index >= 15 is 0 Å². The minimum atomic E-state index is -1.11. The van der Waals surface area contributed by atoms with Crippen molar-refractivity contribution in [2.24, 2.45) is 5.41 Å². The molecule has 0 saturated heterocycles. The van der Waals surface area contributed by atoms with E-state index in [2.05, 4.69) is 27.0 Å². The average Bonchev–Trinajstić information content (AvgIpc) is 3.22. The van der Waals surface area contributed by atoms with Crippen LogP contribution in [0.25, 0.3) is 0 Å². The van der Waals surface area contributed by atoms with Crippen LogP contribution >= 0.6 is 11.3 Å². The van der Waals surface area contributed by atoms with Crippen LogP contribution in [0.5, 0.6) is 0 Å². The maximum atomic E-state index is 13.2. The molecule has 0 radical (unpaired) electrons. The molecule has 0 spiro atoms. The van der Waals surface area contributed by atoms with Crippen molar-refractivity contribution in [2.45, 2.75) is 54.3 Å². The van der Waals surface area contributed by atoms with Gasteiger partial charge in [-0.15, -0.1) is 11.3 Å². The molecule has 0 fully saturated rings. The fourth-order valence-electron chi connectivity index (χ4n) is 4.58. The normalized spacial score (nSPS) is 15.5. The van der Waals surface area contributed by atoms with Crippen LogP contribution in [0.1, 0.15) is 48.2 Å². The molecule has 1 aromatic carbocycles. The van der Waals surface area contributed by atoms with E-state index in [4.69, 9.17) is 0 Å². The number of aromatic nitrogens is 2. The van der Waals surface area contributed by atoms with Crippen molar-refractivity contribution >= 4 is 34.5 Å². The van der Waals surface area contributed by atoms with Crippen LogP contribution in [0, 0.1) is 19.3 Å². The summed E-state index contributed by atoms with van der Waals surface area (Å²) < 4.78 is 0. The Labute approximate surface area is 211 Å². The minimum Gasteiger partial charge on any atom is -0.313 e. The molecule has 0 aliphatic carbocycles. The Balaban J connectivity index is 1.69. The van der Waals surface area contributed by atoms with E-state index in [9.17, 15) is 9.59 Å². The second-order valence-corrected chi connectivity index (χ2v) is 10.6. The van der Waals surface area contributed by atoms with Gasteiger partial charge in [-0.2, -0.15) is 0 Å². The fraction of sp³-hybridized carbons (Fsp3) is 0.407. The number of amides is 2. The Morgan fingerprint density at radius 1 is 0.971 bits per heavy atom. The number of nitrogens with zero attached hydrogens (tertiary/aromatic N) is 5. The number of hydrogen-bond acceptors (Lipinski definition) is 6. The highest BCUT2D eigenvalue weighted by molar-refractivity contribution is 7.09. The van der Waals surface area contributed by atoms with Gasteiger partial charge >= 0.3 is 0 Å². The van der Waals surface area contributed by atoms with Crippen LogP contribution in [0.2, 0.25) is 0 Å². The third kappa shape index (κ3) is 4.86. The monoisotopic (exact) mass is 491 g/mol. The Kier molecular flexibility index (Phi) is 7.05. The van der Waals surface area contributed by atoms with Crippen molar-refractivity contribution < 1.29 is 9.59 Å². The molecule has 4 rings (SSSR count). The first-order valence-corrected chi connectivity index (χ1v) is 12.8. The van der Waals surface area contributed by atoms with Gasteiger partial charge in [-0.1, -0.05) is 12.1 Å².